The highest BCUT2D eigenvalue weighted by Gasteiger charge is 2.21. The fourth-order valence-corrected chi connectivity index (χ4v) is 1.91. The summed E-state index contributed by atoms with van der Waals surface area (Å²) in [5, 5.41) is 10.6. The molecular formula is C13H15ClN2O4. The van der Waals surface area contributed by atoms with Gasteiger partial charge in [-0.25, -0.2) is 9.78 Å². The molecule has 108 valence electrons. The van der Waals surface area contributed by atoms with Crippen molar-refractivity contribution in [2.24, 2.45) is 0 Å². The molecule has 0 amide bonds. The maximum Gasteiger partial charge on any atom is 0.377 e. The maximum absolute atomic E-state index is 11.6. The number of hydrogen-bond donors (Lipinski definition) is 1. The molecule has 1 heterocycles. The van der Waals surface area contributed by atoms with Gasteiger partial charge in [-0.1, -0.05) is 23.7 Å². The van der Waals surface area contributed by atoms with Crippen LogP contribution in [0, 0.1) is 6.92 Å². The summed E-state index contributed by atoms with van der Waals surface area (Å²) in [6, 6.07) is 6.89. The van der Waals surface area contributed by atoms with Crippen LogP contribution in [0.1, 0.15) is 23.2 Å². The molecule has 0 aliphatic heterocycles. The molecule has 20 heavy (non-hydrogen) atoms. The molecule has 0 aliphatic carbocycles. The van der Waals surface area contributed by atoms with Gasteiger partial charge < -0.3 is 15.4 Å². The average Bonchev–Trinajstić information content (AvgIpc) is 2.67. The van der Waals surface area contributed by atoms with Crippen molar-refractivity contribution in [3.63, 3.8) is 0 Å². The third-order valence-corrected chi connectivity index (χ3v) is 2.86. The summed E-state index contributed by atoms with van der Waals surface area (Å²) < 4.78 is 5.58. The molecule has 0 bridgehead atoms. The Bertz CT molecular complexity index is 608. The van der Waals surface area contributed by atoms with Crippen molar-refractivity contribution in [3.8, 4) is 11.3 Å². The Hall–Kier alpha value is -2.05. The third-order valence-electron chi connectivity index (χ3n) is 2.60. The van der Waals surface area contributed by atoms with E-state index in [0.717, 1.165) is 4.73 Å². The molecule has 0 spiro atoms. The van der Waals surface area contributed by atoms with Crippen molar-refractivity contribution in [1.82, 2.24) is 9.71 Å². The normalized spacial score (nSPS) is 9.95. The zero-order valence-electron chi connectivity index (χ0n) is 11.1. The van der Waals surface area contributed by atoms with Gasteiger partial charge in [0.05, 0.1) is 12.3 Å². The van der Waals surface area contributed by atoms with Crippen LogP contribution in [0.5, 0.6) is 0 Å². The first-order valence-electron chi connectivity index (χ1n) is 5.76. The zero-order chi connectivity index (χ0) is 14.0. The van der Waals surface area contributed by atoms with Crippen LogP contribution < -0.4 is 0 Å². The molecule has 0 atom stereocenters. The van der Waals surface area contributed by atoms with Gasteiger partial charge in [0.25, 0.3) is 5.82 Å². The number of rotatable bonds is 3. The number of hydrogen-bond acceptors (Lipinski definition) is 4. The Balaban J connectivity index is 0.00000200. The Morgan fingerprint density at radius 3 is 2.55 bits per heavy atom. The monoisotopic (exact) mass is 298 g/mol. The van der Waals surface area contributed by atoms with Gasteiger partial charge in [-0.3, -0.25) is 0 Å². The number of benzene rings is 1. The standard InChI is InChI=1S/C13H13ClN2O3.H2O/c1-3-19-13(17)12-15-8(2)11(16(12)18)9-4-6-10(14)7-5-9;/h4-7,18H,3H2,1-2H3;1H2. The van der Waals surface area contributed by atoms with E-state index in [4.69, 9.17) is 16.3 Å². The first-order chi connectivity index (χ1) is 9.04. The van der Waals surface area contributed by atoms with Crippen LogP contribution >= 0.6 is 11.6 Å². The van der Waals surface area contributed by atoms with E-state index in [-0.39, 0.29) is 17.9 Å². The van der Waals surface area contributed by atoms with Gasteiger partial charge in [-0.2, -0.15) is 4.73 Å². The lowest BCUT2D eigenvalue weighted by molar-refractivity contribution is 0.0467. The van der Waals surface area contributed by atoms with Crippen molar-refractivity contribution < 1.29 is 20.2 Å². The summed E-state index contributed by atoms with van der Waals surface area (Å²) in [4.78, 5) is 15.7. The number of aryl methyl sites for hydroxylation is 1. The molecule has 3 N–H and O–H groups in total. The minimum Gasteiger partial charge on any atom is -0.460 e. The molecule has 7 heteroatoms. The van der Waals surface area contributed by atoms with Crippen LogP contribution in [0.25, 0.3) is 11.3 Å². The van der Waals surface area contributed by atoms with Gasteiger partial charge >= 0.3 is 5.97 Å². The summed E-state index contributed by atoms with van der Waals surface area (Å²) >= 11 is 5.82. The quantitative estimate of drug-likeness (QED) is 0.693. The number of nitrogens with zero attached hydrogens (tertiary/aromatic N) is 2. The van der Waals surface area contributed by atoms with Crippen molar-refractivity contribution in [1.29, 1.82) is 0 Å². The number of esters is 1. The van der Waals surface area contributed by atoms with Gasteiger partial charge in [0, 0.05) is 10.6 Å². The molecule has 0 aliphatic rings. The van der Waals surface area contributed by atoms with E-state index < -0.39 is 5.97 Å². The lowest BCUT2D eigenvalue weighted by Gasteiger charge is -2.04. The second-order valence-electron chi connectivity index (χ2n) is 3.91. The number of halogens is 1. The molecule has 2 rings (SSSR count). The van der Waals surface area contributed by atoms with Gasteiger partial charge in [0.15, 0.2) is 0 Å². The van der Waals surface area contributed by atoms with E-state index >= 15 is 0 Å². The zero-order valence-corrected chi connectivity index (χ0v) is 11.8. The first kappa shape index (κ1) is 16.0. The molecule has 0 saturated heterocycles. The Kier molecular flexibility index (Phi) is 5.12. The summed E-state index contributed by atoms with van der Waals surface area (Å²) in [6.45, 7) is 3.62. The number of carbonyl (C=O) groups excluding carboxylic acids is 1. The predicted octanol–water partition coefficient (Wildman–Crippen LogP) is 2.10. The fraction of sp³-hybridized carbons (Fsp3) is 0.231. The molecule has 0 radical (unpaired) electrons. The van der Waals surface area contributed by atoms with Gasteiger partial charge in [0.2, 0.25) is 0 Å². The summed E-state index contributed by atoms with van der Waals surface area (Å²) in [5.41, 5.74) is 1.69. The van der Waals surface area contributed by atoms with Crippen molar-refractivity contribution in [3.05, 3.63) is 40.8 Å². The van der Waals surface area contributed by atoms with Crippen molar-refractivity contribution >= 4 is 17.6 Å². The number of aromatic nitrogens is 2. The minimum absolute atomic E-state index is 0. The molecule has 1 aromatic carbocycles. The number of carbonyl (C=O) groups is 1. The minimum atomic E-state index is -0.659. The SMILES string of the molecule is CCOC(=O)c1nc(C)c(-c2ccc(Cl)cc2)n1O.O. The highest BCUT2D eigenvalue weighted by molar-refractivity contribution is 6.30. The topological polar surface area (TPSA) is 95.8 Å². The van der Waals surface area contributed by atoms with Crippen LogP contribution in [-0.4, -0.2) is 33.0 Å². The van der Waals surface area contributed by atoms with Crippen LogP contribution in [0.15, 0.2) is 24.3 Å². The highest BCUT2D eigenvalue weighted by Crippen LogP contribution is 2.25. The van der Waals surface area contributed by atoms with E-state index in [1.165, 1.54) is 0 Å². The van der Waals surface area contributed by atoms with Crippen LogP contribution in [-0.2, 0) is 4.74 Å². The van der Waals surface area contributed by atoms with Gasteiger partial charge in [-0.15, -0.1) is 0 Å². The van der Waals surface area contributed by atoms with E-state index in [2.05, 4.69) is 4.98 Å². The number of ether oxygens (including phenoxy) is 1. The molecular weight excluding hydrogens is 284 g/mol. The van der Waals surface area contributed by atoms with Crippen LogP contribution in [0.3, 0.4) is 0 Å². The van der Waals surface area contributed by atoms with Crippen molar-refractivity contribution in [2.45, 2.75) is 13.8 Å². The lowest BCUT2D eigenvalue weighted by atomic mass is 10.1. The largest absolute Gasteiger partial charge is 0.460 e. The molecule has 2 aromatic rings. The molecule has 0 fully saturated rings. The predicted molar refractivity (Wildman–Crippen MR) is 74.2 cm³/mol. The van der Waals surface area contributed by atoms with Crippen LogP contribution in [0.2, 0.25) is 5.02 Å². The van der Waals surface area contributed by atoms with E-state index in [0.29, 0.717) is 22.0 Å². The highest BCUT2D eigenvalue weighted by atomic mass is 35.5. The molecule has 6 nitrogen and oxygen atoms in total. The molecule has 0 unspecified atom stereocenters. The summed E-state index contributed by atoms with van der Waals surface area (Å²) in [7, 11) is 0. The maximum atomic E-state index is 11.6. The van der Waals surface area contributed by atoms with E-state index in [9.17, 15) is 10.0 Å². The summed E-state index contributed by atoms with van der Waals surface area (Å²) in [6.07, 6.45) is 0. The number of imidazole rings is 1. The smallest absolute Gasteiger partial charge is 0.377 e. The second kappa shape index (κ2) is 6.40. The molecule has 1 aromatic heterocycles. The van der Waals surface area contributed by atoms with Gasteiger partial charge in [0.1, 0.15) is 5.69 Å². The Morgan fingerprint density at radius 1 is 1.40 bits per heavy atom. The van der Waals surface area contributed by atoms with Gasteiger partial charge in [-0.05, 0) is 26.0 Å². The Labute approximate surface area is 120 Å². The third kappa shape index (κ3) is 2.92. The first-order valence-corrected chi connectivity index (χ1v) is 6.14. The summed E-state index contributed by atoms with van der Waals surface area (Å²) in [5.74, 6) is -0.794. The second-order valence-corrected chi connectivity index (χ2v) is 4.35. The van der Waals surface area contributed by atoms with Crippen molar-refractivity contribution in [2.75, 3.05) is 6.61 Å². The Morgan fingerprint density at radius 2 is 2.00 bits per heavy atom. The fourth-order valence-electron chi connectivity index (χ4n) is 1.79. The van der Waals surface area contributed by atoms with E-state index in [1.807, 2.05) is 0 Å². The van der Waals surface area contributed by atoms with Crippen LogP contribution in [0.4, 0.5) is 0 Å². The lowest BCUT2D eigenvalue weighted by Crippen LogP contribution is -2.12. The van der Waals surface area contributed by atoms with E-state index in [1.54, 1.807) is 38.1 Å². The average molecular weight is 299 g/mol. The molecule has 0 saturated carbocycles.